The van der Waals surface area contributed by atoms with Crippen LogP contribution >= 0.6 is 0 Å². The summed E-state index contributed by atoms with van der Waals surface area (Å²) in [5.41, 5.74) is 2.30. The molecule has 1 nitrogen and oxygen atoms in total. The lowest BCUT2D eigenvalue weighted by molar-refractivity contribution is 0.0991. The number of hydrogen-bond donors (Lipinski definition) is 0. The van der Waals surface area contributed by atoms with Crippen LogP contribution in [0, 0.1) is 5.82 Å². The molecule has 0 bridgehead atoms. The van der Waals surface area contributed by atoms with E-state index in [1.807, 2.05) is 30.3 Å². The highest BCUT2D eigenvalue weighted by atomic mass is 19.1. The van der Waals surface area contributed by atoms with Crippen molar-refractivity contribution in [3.63, 3.8) is 0 Å². The Hall–Kier alpha value is -1.96. The molecule has 2 heteroatoms. The Morgan fingerprint density at radius 3 is 2.35 bits per heavy atom. The van der Waals surface area contributed by atoms with E-state index < -0.39 is 0 Å². The van der Waals surface area contributed by atoms with Crippen molar-refractivity contribution in [2.45, 2.75) is 12.3 Å². The zero-order chi connectivity index (χ0) is 11.8. The molecular weight excluding hydrogens is 215 g/mol. The van der Waals surface area contributed by atoms with Gasteiger partial charge in [0.15, 0.2) is 5.78 Å². The minimum absolute atomic E-state index is 0.105. The standard InChI is InChI=1S/C15H11FO/c16-14-8-4-3-6-11(14)13-9-15(17)12-7-2-1-5-10(12)13/h1-8,13H,9H2. The van der Waals surface area contributed by atoms with Gasteiger partial charge in [0.2, 0.25) is 0 Å². The quantitative estimate of drug-likeness (QED) is 0.726. The molecule has 0 saturated carbocycles. The highest BCUT2D eigenvalue weighted by Gasteiger charge is 2.31. The van der Waals surface area contributed by atoms with Crippen LogP contribution in [0.3, 0.4) is 0 Å². The molecule has 0 N–H and O–H groups in total. The fourth-order valence-corrected chi connectivity index (χ4v) is 2.50. The molecule has 0 radical (unpaired) electrons. The highest BCUT2D eigenvalue weighted by molar-refractivity contribution is 6.01. The summed E-state index contributed by atoms with van der Waals surface area (Å²) in [5.74, 6) is -0.254. The van der Waals surface area contributed by atoms with Crippen molar-refractivity contribution in [3.8, 4) is 0 Å². The van der Waals surface area contributed by atoms with Crippen molar-refractivity contribution >= 4 is 5.78 Å². The van der Waals surface area contributed by atoms with Crippen LogP contribution in [0.15, 0.2) is 48.5 Å². The summed E-state index contributed by atoms with van der Waals surface area (Å²) in [6, 6.07) is 14.2. The van der Waals surface area contributed by atoms with Crippen LogP contribution in [-0.2, 0) is 0 Å². The van der Waals surface area contributed by atoms with Crippen LogP contribution in [0.4, 0.5) is 4.39 Å². The monoisotopic (exact) mass is 226 g/mol. The summed E-state index contributed by atoms with van der Waals surface area (Å²) in [6.07, 6.45) is 0.375. The Balaban J connectivity index is 2.14. The number of rotatable bonds is 1. The van der Waals surface area contributed by atoms with Crippen molar-refractivity contribution in [2.24, 2.45) is 0 Å². The van der Waals surface area contributed by atoms with Crippen LogP contribution in [0.1, 0.15) is 33.8 Å². The molecule has 2 aromatic rings. The van der Waals surface area contributed by atoms with E-state index in [1.54, 1.807) is 12.1 Å². The van der Waals surface area contributed by atoms with Gasteiger partial charge in [-0.3, -0.25) is 4.79 Å². The van der Waals surface area contributed by atoms with Crippen molar-refractivity contribution in [1.29, 1.82) is 0 Å². The molecule has 0 spiro atoms. The van der Waals surface area contributed by atoms with Crippen LogP contribution in [0.25, 0.3) is 0 Å². The van der Waals surface area contributed by atoms with E-state index >= 15 is 0 Å². The number of carbonyl (C=O) groups is 1. The third kappa shape index (κ3) is 1.57. The van der Waals surface area contributed by atoms with Gasteiger partial charge in [-0.2, -0.15) is 0 Å². The number of benzene rings is 2. The van der Waals surface area contributed by atoms with Gasteiger partial charge < -0.3 is 0 Å². The zero-order valence-electron chi connectivity index (χ0n) is 9.19. The van der Waals surface area contributed by atoms with Gasteiger partial charge in [0.05, 0.1) is 0 Å². The van der Waals surface area contributed by atoms with Crippen LogP contribution < -0.4 is 0 Å². The Bertz CT molecular complexity index is 589. The first-order valence-electron chi connectivity index (χ1n) is 5.64. The highest BCUT2D eigenvalue weighted by Crippen LogP contribution is 2.38. The minimum atomic E-state index is -0.234. The smallest absolute Gasteiger partial charge is 0.164 e. The third-order valence-electron chi connectivity index (χ3n) is 3.31. The molecule has 84 valence electrons. The van der Waals surface area contributed by atoms with E-state index in [9.17, 15) is 9.18 Å². The maximum absolute atomic E-state index is 13.8. The molecule has 0 heterocycles. The summed E-state index contributed by atoms with van der Waals surface area (Å²) in [5, 5.41) is 0. The van der Waals surface area contributed by atoms with Gasteiger partial charge in [-0.05, 0) is 17.2 Å². The molecule has 2 aromatic carbocycles. The van der Waals surface area contributed by atoms with Crippen molar-refractivity contribution < 1.29 is 9.18 Å². The fourth-order valence-electron chi connectivity index (χ4n) is 2.50. The topological polar surface area (TPSA) is 17.1 Å². The van der Waals surface area contributed by atoms with Crippen molar-refractivity contribution in [2.75, 3.05) is 0 Å². The number of carbonyl (C=O) groups excluding carboxylic acids is 1. The molecule has 1 unspecified atom stereocenters. The SMILES string of the molecule is O=C1CC(c2ccccc2F)c2ccccc21. The summed E-state index contributed by atoms with van der Waals surface area (Å²) >= 11 is 0. The van der Waals surface area contributed by atoms with Crippen LogP contribution in [0.5, 0.6) is 0 Å². The molecular formula is C15H11FO. The van der Waals surface area contributed by atoms with E-state index in [4.69, 9.17) is 0 Å². The summed E-state index contributed by atoms with van der Waals surface area (Å²) in [4.78, 5) is 11.8. The zero-order valence-corrected chi connectivity index (χ0v) is 9.19. The summed E-state index contributed by atoms with van der Waals surface area (Å²) in [6.45, 7) is 0. The molecule has 3 rings (SSSR count). The first-order valence-corrected chi connectivity index (χ1v) is 5.64. The normalized spacial score (nSPS) is 18.2. The first kappa shape index (κ1) is 10.2. The third-order valence-corrected chi connectivity index (χ3v) is 3.31. The number of halogens is 1. The van der Waals surface area contributed by atoms with Gasteiger partial charge in [0.1, 0.15) is 5.82 Å². The minimum Gasteiger partial charge on any atom is -0.294 e. The Morgan fingerprint density at radius 1 is 0.941 bits per heavy atom. The largest absolute Gasteiger partial charge is 0.294 e. The average molecular weight is 226 g/mol. The number of fused-ring (bicyclic) bond motifs is 1. The molecule has 17 heavy (non-hydrogen) atoms. The predicted molar refractivity (Wildman–Crippen MR) is 63.6 cm³/mol. The van der Waals surface area contributed by atoms with Gasteiger partial charge >= 0.3 is 0 Å². The van der Waals surface area contributed by atoms with Crippen LogP contribution in [0.2, 0.25) is 0 Å². The molecule has 1 aliphatic carbocycles. The first-order chi connectivity index (χ1) is 8.27. The van der Waals surface area contributed by atoms with Gasteiger partial charge in [-0.15, -0.1) is 0 Å². The lowest BCUT2D eigenvalue weighted by Gasteiger charge is -2.11. The van der Waals surface area contributed by atoms with E-state index in [2.05, 4.69) is 0 Å². The molecule has 1 aliphatic rings. The van der Waals surface area contributed by atoms with Gasteiger partial charge in [0, 0.05) is 17.9 Å². The second-order valence-electron chi connectivity index (χ2n) is 4.29. The Kier molecular flexibility index (Phi) is 2.29. The molecule has 0 aliphatic heterocycles. The maximum atomic E-state index is 13.8. The second kappa shape index (κ2) is 3.81. The Labute approximate surface area is 98.9 Å². The van der Waals surface area contributed by atoms with E-state index in [-0.39, 0.29) is 17.5 Å². The summed E-state index contributed by atoms with van der Waals surface area (Å²) in [7, 11) is 0. The van der Waals surface area contributed by atoms with Gasteiger partial charge in [-0.1, -0.05) is 42.5 Å². The second-order valence-corrected chi connectivity index (χ2v) is 4.29. The molecule has 0 aromatic heterocycles. The number of Topliss-reactive ketones (excluding diaryl/α,β-unsaturated/α-hetero) is 1. The molecule has 0 fully saturated rings. The van der Waals surface area contributed by atoms with E-state index in [0.29, 0.717) is 12.0 Å². The van der Waals surface area contributed by atoms with E-state index in [0.717, 1.165) is 11.1 Å². The Morgan fingerprint density at radius 2 is 1.59 bits per heavy atom. The predicted octanol–water partition coefficient (Wildman–Crippen LogP) is 3.54. The fraction of sp³-hybridized carbons (Fsp3) is 0.133. The molecule has 1 atom stereocenters. The lowest BCUT2D eigenvalue weighted by Crippen LogP contribution is -1.99. The maximum Gasteiger partial charge on any atom is 0.164 e. The average Bonchev–Trinajstić information content (AvgIpc) is 2.68. The van der Waals surface area contributed by atoms with Crippen LogP contribution in [-0.4, -0.2) is 5.78 Å². The molecule has 0 amide bonds. The van der Waals surface area contributed by atoms with E-state index in [1.165, 1.54) is 6.07 Å². The summed E-state index contributed by atoms with van der Waals surface area (Å²) < 4.78 is 13.8. The molecule has 0 saturated heterocycles. The lowest BCUT2D eigenvalue weighted by atomic mass is 9.93. The van der Waals surface area contributed by atoms with Crippen molar-refractivity contribution in [3.05, 3.63) is 71.0 Å². The number of hydrogen-bond acceptors (Lipinski definition) is 1. The van der Waals surface area contributed by atoms with Gasteiger partial charge in [0.25, 0.3) is 0 Å². The number of ketones is 1. The van der Waals surface area contributed by atoms with Gasteiger partial charge in [-0.25, -0.2) is 4.39 Å². The van der Waals surface area contributed by atoms with Crippen molar-refractivity contribution in [1.82, 2.24) is 0 Å².